The highest BCUT2D eigenvalue weighted by atomic mass is 16.5. The number of carbonyl (C=O) groups is 2. The van der Waals surface area contributed by atoms with Crippen molar-refractivity contribution < 1.29 is 19.1 Å². The molecule has 0 bridgehead atoms. The molecule has 132 valence electrons. The Balaban J connectivity index is 2.22. The molecule has 2 aromatic rings. The molecule has 0 spiro atoms. The first-order valence-electron chi connectivity index (χ1n) is 8.45. The Morgan fingerprint density at radius 2 is 1.04 bits per heavy atom. The average molecular weight is 340 g/mol. The first-order chi connectivity index (χ1) is 11.9. The second kappa shape index (κ2) is 7.97. The van der Waals surface area contributed by atoms with E-state index in [1.807, 2.05) is 24.3 Å². The van der Waals surface area contributed by atoms with Crippen molar-refractivity contribution in [1.82, 2.24) is 0 Å². The van der Waals surface area contributed by atoms with Gasteiger partial charge in [-0.1, -0.05) is 38.1 Å². The Bertz CT molecular complexity index is 664. The van der Waals surface area contributed by atoms with Gasteiger partial charge in [0, 0.05) is 5.41 Å². The molecule has 0 amide bonds. The smallest absolute Gasteiger partial charge is 0.338 e. The van der Waals surface area contributed by atoms with Crippen molar-refractivity contribution in [2.75, 3.05) is 13.2 Å². The Kier molecular flexibility index (Phi) is 5.97. The standard InChI is InChI=1S/C21H24O4/c1-5-24-19(22)15-7-11-17(12-8-15)21(3,4)18-13-9-16(10-14-18)20(23)25-6-2/h7-14H,5-6H2,1-4H3. The van der Waals surface area contributed by atoms with Gasteiger partial charge in [-0.2, -0.15) is 0 Å². The third-order valence-electron chi connectivity index (χ3n) is 4.24. The van der Waals surface area contributed by atoms with Crippen LogP contribution in [0, 0.1) is 0 Å². The van der Waals surface area contributed by atoms with Crippen LogP contribution in [-0.4, -0.2) is 25.2 Å². The molecular formula is C21H24O4. The summed E-state index contributed by atoms with van der Waals surface area (Å²) in [6.07, 6.45) is 0. The molecule has 0 saturated carbocycles. The lowest BCUT2D eigenvalue weighted by Crippen LogP contribution is -2.19. The molecule has 0 aromatic heterocycles. The SMILES string of the molecule is CCOC(=O)c1ccc(C(C)(C)c2ccc(C(=O)OCC)cc2)cc1. The van der Waals surface area contributed by atoms with Gasteiger partial charge >= 0.3 is 11.9 Å². The lowest BCUT2D eigenvalue weighted by atomic mass is 9.78. The molecular weight excluding hydrogens is 316 g/mol. The lowest BCUT2D eigenvalue weighted by Gasteiger charge is -2.26. The van der Waals surface area contributed by atoms with Crippen LogP contribution in [0.25, 0.3) is 0 Å². The highest BCUT2D eigenvalue weighted by molar-refractivity contribution is 5.90. The zero-order chi connectivity index (χ0) is 18.4. The van der Waals surface area contributed by atoms with Crippen LogP contribution in [0.2, 0.25) is 0 Å². The van der Waals surface area contributed by atoms with Gasteiger partial charge in [0.05, 0.1) is 24.3 Å². The Labute approximate surface area is 148 Å². The van der Waals surface area contributed by atoms with E-state index in [2.05, 4.69) is 13.8 Å². The van der Waals surface area contributed by atoms with Gasteiger partial charge in [0.25, 0.3) is 0 Å². The van der Waals surface area contributed by atoms with Gasteiger partial charge in [0.15, 0.2) is 0 Å². The second-order valence-electron chi connectivity index (χ2n) is 6.22. The molecule has 2 rings (SSSR count). The summed E-state index contributed by atoms with van der Waals surface area (Å²) >= 11 is 0. The van der Waals surface area contributed by atoms with Crippen molar-refractivity contribution in [3.63, 3.8) is 0 Å². The van der Waals surface area contributed by atoms with Crippen LogP contribution in [-0.2, 0) is 14.9 Å². The van der Waals surface area contributed by atoms with E-state index in [4.69, 9.17) is 9.47 Å². The van der Waals surface area contributed by atoms with Crippen LogP contribution in [0.1, 0.15) is 59.5 Å². The van der Waals surface area contributed by atoms with Gasteiger partial charge in [-0.25, -0.2) is 9.59 Å². The molecule has 0 saturated heterocycles. The van der Waals surface area contributed by atoms with E-state index in [9.17, 15) is 9.59 Å². The molecule has 0 aliphatic carbocycles. The van der Waals surface area contributed by atoms with Crippen LogP contribution in [0.4, 0.5) is 0 Å². The van der Waals surface area contributed by atoms with Gasteiger partial charge in [-0.05, 0) is 49.2 Å². The summed E-state index contributed by atoms with van der Waals surface area (Å²) in [5.74, 6) is -0.628. The van der Waals surface area contributed by atoms with Gasteiger partial charge in [0.2, 0.25) is 0 Å². The summed E-state index contributed by atoms with van der Waals surface area (Å²) in [5.41, 5.74) is 2.97. The predicted molar refractivity (Wildman–Crippen MR) is 96.9 cm³/mol. The van der Waals surface area contributed by atoms with Crippen LogP contribution in [0.15, 0.2) is 48.5 Å². The number of carbonyl (C=O) groups excluding carboxylic acids is 2. The quantitative estimate of drug-likeness (QED) is 0.733. The van der Waals surface area contributed by atoms with Crippen molar-refractivity contribution in [3.8, 4) is 0 Å². The maximum absolute atomic E-state index is 11.8. The summed E-state index contributed by atoms with van der Waals surface area (Å²) in [7, 11) is 0. The molecule has 25 heavy (non-hydrogen) atoms. The van der Waals surface area contributed by atoms with Crippen molar-refractivity contribution in [3.05, 3.63) is 70.8 Å². The third-order valence-corrected chi connectivity index (χ3v) is 4.24. The first-order valence-corrected chi connectivity index (χ1v) is 8.45. The monoisotopic (exact) mass is 340 g/mol. The average Bonchev–Trinajstić information content (AvgIpc) is 2.62. The molecule has 0 aliphatic rings. The van der Waals surface area contributed by atoms with Gasteiger partial charge in [-0.15, -0.1) is 0 Å². The minimum atomic E-state index is -0.314. The Morgan fingerprint density at radius 1 is 0.720 bits per heavy atom. The first kappa shape index (κ1) is 18.7. The summed E-state index contributed by atoms with van der Waals surface area (Å²) < 4.78 is 10.0. The highest BCUT2D eigenvalue weighted by Crippen LogP contribution is 2.31. The minimum absolute atomic E-state index is 0.264. The number of hydrogen-bond donors (Lipinski definition) is 0. The van der Waals surface area contributed by atoms with Gasteiger partial charge in [0.1, 0.15) is 0 Å². The molecule has 4 heteroatoms. The van der Waals surface area contributed by atoms with E-state index >= 15 is 0 Å². The van der Waals surface area contributed by atoms with Crippen LogP contribution in [0.3, 0.4) is 0 Å². The van der Waals surface area contributed by atoms with Crippen LogP contribution in [0.5, 0.6) is 0 Å². The van der Waals surface area contributed by atoms with Crippen molar-refractivity contribution >= 4 is 11.9 Å². The summed E-state index contributed by atoms with van der Waals surface area (Å²) in [5, 5.41) is 0. The van der Waals surface area contributed by atoms with E-state index in [-0.39, 0.29) is 17.4 Å². The zero-order valence-electron chi connectivity index (χ0n) is 15.2. The summed E-state index contributed by atoms with van der Waals surface area (Å²) in [4.78, 5) is 23.5. The largest absolute Gasteiger partial charge is 0.462 e. The molecule has 0 aliphatic heterocycles. The third kappa shape index (κ3) is 4.27. The fourth-order valence-corrected chi connectivity index (χ4v) is 2.64. The van der Waals surface area contributed by atoms with Crippen molar-refractivity contribution in [1.29, 1.82) is 0 Å². The molecule has 0 fully saturated rings. The molecule has 0 heterocycles. The predicted octanol–water partition coefficient (Wildman–Crippen LogP) is 4.37. The maximum atomic E-state index is 11.8. The highest BCUT2D eigenvalue weighted by Gasteiger charge is 2.24. The van der Waals surface area contributed by atoms with Gasteiger partial charge in [-0.3, -0.25) is 0 Å². The van der Waals surface area contributed by atoms with Gasteiger partial charge < -0.3 is 9.47 Å². The fraction of sp³-hybridized carbons (Fsp3) is 0.333. The van der Waals surface area contributed by atoms with E-state index in [0.29, 0.717) is 24.3 Å². The summed E-state index contributed by atoms with van der Waals surface area (Å²) in [6, 6.07) is 14.9. The van der Waals surface area contributed by atoms with E-state index in [1.165, 1.54) is 0 Å². The molecule has 0 unspecified atom stereocenters. The molecule has 0 N–H and O–H groups in total. The fourth-order valence-electron chi connectivity index (χ4n) is 2.64. The van der Waals surface area contributed by atoms with E-state index < -0.39 is 0 Å². The molecule has 0 radical (unpaired) electrons. The Hall–Kier alpha value is -2.62. The number of rotatable bonds is 6. The van der Waals surface area contributed by atoms with Crippen LogP contribution >= 0.6 is 0 Å². The zero-order valence-corrected chi connectivity index (χ0v) is 15.2. The van der Waals surface area contributed by atoms with Crippen LogP contribution < -0.4 is 0 Å². The molecule has 0 atom stereocenters. The number of hydrogen-bond acceptors (Lipinski definition) is 4. The molecule has 2 aromatic carbocycles. The maximum Gasteiger partial charge on any atom is 0.338 e. The number of esters is 2. The topological polar surface area (TPSA) is 52.6 Å². The van der Waals surface area contributed by atoms with Crippen molar-refractivity contribution in [2.24, 2.45) is 0 Å². The lowest BCUT2D eigenvalue weighted by molar-refractivity contribution is 0.0517. The van der Waals surface area contributed by atoms with E-state index in [1.54, 1.807) is 38.1 Å². The van der Waals surface area contributed by atoms with E-state index in [0.717, 1.165) is 11.1 Å². The normalized spacial score (nSPS) is 11.0. The van der Waals surface area contributed by atoms with Crippen molar-refractivity contribution in [2.45, 2.75) is 33.1 Å². The number of benzene rings is 2. The Morgan fingerprint density at radius 3 is 1.32 bits per heavy atom. The minimum Gasteiger partial charge on any atom is -0.462 e. The summed E-state index contributed by atoms with van der Waals surface area (Å²) in [6.45, 7) is 8.50. The number of ether oxygens (including phenoxy) is 2. The molecule has 4 nitrogen and oxygen atoms in total. The second-order valence-corrected chi connectivity index (χ2v) is 6.22.